The van der Waals surface area contributed by atoms with Gasteiger partial charge in [-0.2, -0.15) is 10.4 Å². The summed E-state index contributed by atoms with van der Waals surface area (Å²) in [5.41, 5.74) is 9.12. The third-order valence-electron chi connectivity index (χ3n) is 4.98. The number of nitrogens with zero attached hydrogens (tertiary/aromatic N) is 4. The van der Waals surface area contributed by atoms with Crippen molar-refractivity contribution in [3.05, 3.63) is 88.9 Å². The lowest BCUT2D eigenvalue weighted by molar-refractivity contribution is 0.0996. The normalized spacial score (nSPS) is 10.6. The standard InChI is InChI=1S/C23H18N6O2/c1-14-21(12-26-29(14)13-16-8-6-15(11-24)7-9-16)28-23(31)18-10-20(22(25)30)27-19-5-3-2-4-17(18)19/h2-10,12H,13H2,1H3,(H2,25,30)(H,28,31). The lowest BCUT2D eigenvalue weighted by Gasteiger charge is -2.10. The van der Waals surface area contributed by atoms with E-state index in [4.69, 9.17) is 11.0 Å². The van der Waals surface area contributed by atoms with E-state index in [1.807, 2.05) is 19.1 Å². The minimum absolute atomic E-state index is 0.0251. The molecule has 4 aromatic rings. The molecule has 2 amide bonds. The minimum Gasteiger partial charge on any atom is -0.364 e. The molecule has 0 radical (unpaired) electrons. The number of primary amides is 1. The number of carbonyl (C=O) groups is 2. The van der Waals surface area contributed by atoms with E-state index >= 15 is 0 Å². The third-order valence-corrected chi connectivity index (χ3v) is 4.98. The first-order chi connectivity index (χ1) is 15.0. The van der Waals surface area contributed by atoms with Crippen molar-refractivity contribution in [1.29, 1.82) is 5.26 Å². The van der Waals surface area contributed by atoms with E-state index in [-0.39, 0.29) is 11.6 Å². The fourth-order valence-electron chi connectivity index (χ4n) is 3.27. The SMILES string of the molecule is Cc1c(NC(=O)c2cc(C(N)=O)nc3ccccc23)cnn1Cc1ccc(C#N)cc1. The predicted octanol–water partition coefficient (Wildman–Crippen LogP) is 3.01. The van der Waals surface area contributed by atoms with E-state index in [9.17, 15) is 9.59 Å². The molecular weight excluding hydrogens is 392 g/mol. The lowest BCUT2D eigenvalue weighted by atomic mass is 10.1. The number of para-hydroxylation sites is 1. The zero-order chi connectivity index (χ0) is 22.0. The van der Waals surface area contributed by atoms with Gasteiger partial charge in [0.1, 0.15) is 5.69 Å². The van der Waals surface area contributed by atoms with Crippen molar-refractivity contribution in [2.45, 2.75) is 13.5 Å². The van der Waals surface area contributed by atoms with Crippen molar-refractivity contribution in [2.24, 2.45) is 5.73 Å². The second-order valence-electron chi connectivity index (χ2n) is 7.00. The number of anilines is 1. The Morgan fingerprint density at radius 1 is 1.16 bits per heavy atom. The molecule has 8 nitrogen and oxygen atoms in total. The van der Waals surface area contributed by atoms with Gasteiger partial charge in [-0.25, -0.2) is 4.98 Å². The predicted molar refractivity (Wildman–Crippen MR) is 115 cm³/mol. The van der Waals surface area contributed by atoms with Gasteiger partial charge in [-0.15, -0.1) is 0 Å². The molecule has 0 spiro atoms. The average Bonchev–Trinajstić information content (AvgIpc) is 3.12. The van der Waals surface area contributed by atoms with Crippen LogP contribution in [0, 0.1) is 18.3 Å². The van der Waals surface area contributed by atoms with Gasteiger partial charge in [0.25, 0.3) is 11.8 Å². The fraction of sp³-hybridized carbons (Fsp3) is 0.0870. The molecule has 2 heterocycles. The van der Waals surface area contributed by atoms with Crippen LogP contribution in [0.2, 0.25) is 0 Å². The molecule has 0 unspecified atom stereocenters. The van der Waals surface area contributed by atoms with Crippen molar-refractivity contribution < 1.29 is 9.59 Å². The van der Waals surface area contributed by atoms with Gasteiger partial charge in [0, 0.05) is 5.39 Å². The van der Waals surface area contributed by atoms with Crippen LogP contribution in [0.1, 0.15) is 37.7 Å². The minimum atomic E-state index is -0.703. The lowest BCUT2D eigenvalue weighted by Crippen LogP contribution is -2.18. The van der Waals surface area contributed by atoms with E-state index in [0.29, 0.717) is 34.3 Å². The average molecular weight is 410 g/mol. The summed E-state index contributed by atoms with van der Waals surface area (Å²) in [5.74, 6) is -1.09. The van der Waals surface area contributed by atoms with Crippen LogP contribution >= 0.6 is 0 Å². The topological polar surface area (TPSA) is 127 Å². The molecule has 0 bridgehead atoms. The molecule has 0 aliphatic heterocycles. The number of fused-ring (bicyclic) bond motifs is 1. The molecule has 31 heavy (non-hydrogen) atoms. The van der Waals surface area contributed by atoms with Gasteiger partial charge >= 0.3 is 0 Å². The Kier molecular flexibility index (Phi) is 5.16. The summed E-state index contributed by atoms with van der Waals surface area (Å²) in [7, 11) is 0. The third kappa shape index (κ3) is 3.97. The van der Waals surface area contributed by atoms with Crippen LogP contribution < -0.4 is 11.1 Å². The molecule has 0 aliphatic carbocycles. The summed E-state index contributed by atoms with van der Waals surface area (Å²) < 4.78 is 1.76. The zero-order valence-corrected chi connectivity index (χ0v) is 16.7. The quantitative estimate of drug-likeness (QED) is 0.523. The second-order valence-corrected chi connectivity index (χ2v) is 7.00. The summed E-state index contributed by atoms with van der Waals surface area (Å²) in [6, 6.07) is 17.8. The maximum atomic E-state index is 13.0. The maximum Gasteiger partial charge on any atom is 0.267 e. The van der Waals surface area contributed by atoms with Gasteiger partial charge in [-0.05, 0) is 36.8 Å². The number of aromatic nitrogens is 3. The molecule has 2 aromatic carbocycles. The van der Waals surface area contributed by atoms with Crippen molar-refractivity contribution in [3.63, 3.8) is 0 Å². The summed E-state index contributed by atoms with van der Waals surface area (Å²) in [6.07, 6.45) is 1.58. The van der Waals surface area contributed by atoms with E-state index in [1.165, 1.54) is 6.07 Å². The second kappa shape index (κ2) is 8.08. The van der Waals surface area contributed by atoms with Gasteiger partial charge in [-0.1, -0.05) is 30.3 Å². The first-order valence-corrected chi connectivity index (χ1v) is 9.48. The van der Waals surface area contributed by atoms with Crippen molar-refractivity contribution in [3.8, 4) is 6.07 Å². The van der Waals surface area contributed by atoms with Crippen molar-refractivity contribution >= 4 is 28.4 Å². The molecule has 8 heteroatoms. The summed E-state index contributed by atoms with van der Waals surface area (Å²) in [4.78, 5) is 28.9. The van der Waals surface area contributed by atoms with Gasteiger partial charge in [-0.3, -0.25) is 14.3 Å². The Bertz CT molecular complexity index is 1350. The first-order valence-electron chi connectivity index (χ1n) is 9.48. The number of rotatable bonds is 5. The van der Waals surface area contributed by atoms with Crippen molar-refractivity contribution in [1.82, 2.24) is 14.8 Å². The number of nitrogens with one attached hydrogen (secondary N) is 1. The summed E-state index contributed by atoms with van der Waals surface area (Å²) in [5, 5.41) is 16.8. The number of nitrogens with two attached hydrogens (primary N) is 1. The monoisotopic (exact) mass is 410 g/mol. The highest BCUT2D eigenvalue weighted by molar-refractivity contribution is 6.13. The Morgan fingerprint density at radius 2 is 1.90 bits per heavy atom. The van der Waals surface area contributed by atoms with Gasteiger partial charge in [0.05, 0.1) is 46.8 Å². The number of amides is 2. The van der Waals surface area contributed by atoms with Crippen LogP contribution in [0.4, 0.5) is 5.69 Å². The number of pyridine rings is 1. The van der Waals surface area contributed by atoms with E-state index < -0.39 is 5.91 Å². The highest BCUT2D eigenvalue weighted by Crippen LogP contribution is 2.22. The van der Waals surface area contributed by atoms with Gasteiger partial charge in [0.2, 0.25) is 0 Å². The molecule has 2 aromatic heterocycles. The van der Waals surface area contributed by atoms with Gasteiger partial charge < -0.3 is 11.1 Å². The highest BCUT2D eigenvalue weighted by atomic mass is 16.2. The Labute approximate surface area is 177 Å². The molecule has 0 aliphatic rings. The van der Waals surface area contributed by atoms with Crippen LogP contribution in [-0.4, -0.2) is 26.6 Å². The summed E-state index contributed by atoms with van der Waals surface area (Å²) in [6.45, 7) is 2.35. The molecule has 0 saturated heterocycles. The smallest absolute Gasteiger partial charge is 0.267 e. The van der Waals surface area contributed by atoms with E-state index in [0.717, 1.165) is 11.3 Å². The van der Waals surface area contributed by atoms with Crippen LogP contribution in [0.25, 0.3) is 10.9 Å². The Morgan fingerprint density at radius 3 is 2.61 bits per heavy atom. The Balaban J connectivity index is 1.61. The highest BCUT2D eigenvalue weighted by Gasteiger charge is 2.17. The van der Waals surface area contributed by atoms with Crippen LogP contribution in [-0.2, 0) is 6.54 Å². The van der Waals surface area contributed by atoms with Crippen LogP contribution in [0.3, 0.4) is 0 Å². The van der Waals surface area contributed by atoms with E-state index in [2.05, 4.69) is 21.5 Å². The molecular formula is C23H18N6O2. The Hall–Kier alpha value is -4.51. The maximum absolute atomic E-state index is 13.0. The number of benzene rings is 2. The van der Waals surface area contributed by atoms with Gasteiger partial charge in [0.15, 0.2) is 0 Å². The largest absolute Gasteiger partial charge is 0.364 e. The molecule has 0 atom stereocenters. The number of hydrogen-bond donors (Lipinski definition) is 2. The molecule has 152 valence electrons. The molecule has 4 rings (SSSR count). The zero-order valence-electron chi connectivity index (χ0n) is 16.7. The van der Waals surface area contributed by atoms with E-state index in [1.54, 1.807) is 47.3 Å². The first kappa shape index (κ1) is 19.8. The van der Waals surface area contributed by atoms with Crippen molar-refractivity contribution in [2.75, 3.05) is 5.32 Å². The fourth-order valence-corrected chi connectivity index (χ4v) is 3.27. The number of hydrogen-bond acceptors (Lipinski definition) is 5. The molecule has 0 fully saturated rings. The number of carbonyl (C=O) groups excluding carboxylic acids is 2. The number of nitriles is 1. The summed E-state index contributed by atoms with van der Waals surface area (Å²) >= 11 is 0. The van der Waals surface area contributed by atoms with Crippen LogP contribution in [0.5, 0.6) is 0 Å². The molecule has 0 saturated carbocycles. The van der Waals surface area contributed by atoms with Crippen LogP contribution in [0.15, 0.2) is 60.8 Å². The molecule has 3 N–H and O–H groups in total.